The second-order valence-corrected chi connectivity index (χ2v) is 4.27. The SMILES string of the molecule is Cc1cc(C)cc(CC(O)c2ccoc2)c1. The molecule has 0 radical (unpaired) electrons. The van der Waals surface area contributed by atoms with E-state index in [2.05, 4.69) is 32.0 Å². The molecule has 1 unspecified atom stereocenters. The van der Waals surface area contributed by atoms with Crippen molar-refractivity contribution in [1.82, 2.24) is 0 Å². The second-order valence-electron chi connectivity index (χ2n) is 4.27. The summed E-state index contributed by atoms with van der Waals surface area (Å²) in [6.07, 6.45) is 3.31. The molecule has 1 aromatic heterocycles. The van der Waals surface area contributed by atoms with Crippen molar-refractivity contribution in [3.05, 3.63) is 59.0 Å². The molecule has 2 nitrogen and oxygen atoms in total. The maximum atomic E-state index is 9.98. The first kappa shape index (κ1) is 11.0. The van der Waals surface area contributed by atoms with E-state index < -0.39 is 6.10 Å². The van der Waals surface area contributed by atoms with Crippen molar-refractivity contribution in [3.8, 4) is 0 Å². The molecule has 0 aliphatic carbocycles. The summed E-state index contributed by atoms with van der Waals surface area (Å²) in [5.74, 6) is 0. The molecule has 2 heteroatoms. The monoisotopic (exact) mass is 216 g/mol. The Labute approximate surface area is 95.5 Å². The highest BCUT2D eigenvalue weighted by atomic mass is 16.3. The zero-order valence-electron chi connectivity index (χ0n) is 9.60. The molecule has 0 aliphatic heterocycles. The van der Waals surface area contributed by atoms with Crippen LogP contribution in [0.2, 0.25) is 0 Å². The predicted molar refractivity (Wildman–Crippen MR) is 63.3 cm³/mol. The van der Waals surface area contributed by atoms with Gasteiger partial charge in [-0.05, 0) is 25.5 Å². The summed E-state index contributed by atoms with van der Waals surface area (Å²) in [4.78, 5) is 0. The highest BCUT2D eigenvalue weighted by Crippen LogP contribution is 2.20. The molecule has 0 fully saturated rings. The average molecular weight is 216 g/mol. The number of hydrogen-bond donors (Lipinski definition) is 1. The molecule has 2 aromatic rings. The lowest BCUT2D eigenvalue weighted by atomic mass is 10.00. The van der Waals surface area contributed by atoms with Gasteiger partial charge in [0.2, 0.25) is 0 Å². The average Bonchev–Trinajstić information content (AvgIpc) is 2.68. The van der Waals surface area contributed by atoms with Gasteiger partial charge in [-0.2, -0.15) is 0 Å². The molecule has 1 atom stereocenters. The van der Waals surface area contributed by atoms with Crippen molar-refractivity contribution in [2.24, 2.45) is 0 Å². The fourth-order valence-corrected chi connectivity index (χ4v) is 1.99. The van der Waals surface area contributed by atoms with Crippen molar-refractivity contribution in [2.45, 2.75) is 26.4 Å². The van der Waals surface area contributed by atoms with E-state index in [1.807, 2.05) is 0 Å². The van der Waals surface area contributed by atoms with Crippen LogP contribution in [-0.4, -0.2) is 5.11 Å². The Morgan fingerprint density at radius 2 is 1.88 bits per heavy atom. The minimum Gasteiger partial charge on any atom is -0.472 e. The topological polar surface area (TPSA) is 33.4 Å². The van der Waals surface area contributed by atoms with Crippen molar-refractivity contribution in [1.29, 1.82) is 0 Å². The normalized spacial score (nSPS) is 12.7. The lowest BCUT2D eigenvalue weighted by Crippen LogP contribution is -2.01. The van der Waals surface area contributed by atoms with Gasteiger partial charge in [0.25, 0.3) is 0 Å². The van der Waals surface area contributed by atoms with Crippen LogP contribution in [0.4, 0.5) is 0 Å². The molecule has 1 aromatic carbocycles. The Morgan fingerprint density at radius 3 is 2.44 bits per heavy atom. The number of furan rings is 1. The Kier molecular flexibility index (Phi) is 3.11. The molecular formula is C14H16O2. The van der Waals surface area contributed by atoms with Crippen LogP contribution in [0, 0.1) is 13.8 Å². The van der Waals surface area contributed by atoms with E-state index in [1.54, 1.807) is 18.6 Å². The van der Waals surface area contributed by atoms with Crippen LogP contribution in [0.5, 0.6) is 0 Å². The van der Waals surface area contributed by atoms with Crippen molar-refractivity contribution >= 4 is 0 Å². The van der Waals surface area contributed by atoms with Crippen LogP contribution >= 0.6 is 0 Å². The number of benzene rings is 1. The van der Waals surface area contributed by atoms with Crippen LogP contribution < -0.4 is 0 Å². The third-order valence-electron chi connectivity index (χ3n) is 2.64. The molecule has 0 saturated carbocycles. The summed E-state index contributed by atoms with van der Waals surface area (Å²) in [5.41, 5.74) is 4.45. The highest BCUT2D eigenvalue weighted by Gasteiger charge is 2.10. The summed E-state index contributed by atoms with van der Waals surface area (Å²) in [7, 11) is 0. The molecule has 0 spiro atoms. The predicted octanol–water partition coefficient (Wildman–Crippen LogP) is 3.17. The number of aliphatic hydroxyl groups excluding tert-OH is 1. The van der Waals surface area contributed by atoms with Gasteiger partial charge in [0.05, 0.1) is 18.6 Å². The Bertz CT molecular complexity index is 437. The molecule has 16 heavy (non-hydrogen) atoms. The van der Waals surface area contributed by atoms with Crippen LogP contribution in [0.1, 0.15) is 28.4 Å². The van der Waals surface area contributed by atoms with Crippen molar-refractivity contribution < 1.29 is 9.52 Å². The molecule has 84 valence electrons. The molecular weight excluding hydrogens is 200 g/mol. The standard InChI is InChI=1S/C14H16O2/c1-10-5-11(2)7-12(6-10)8-14(15)13-3-4-16-9-13/h3-7,9,14-15H,8H2,1-2H3. The maximum Gasteiger partial charge on any atom is 0.0960 e. The van der Waals surface area contributed by atoms with Crippen molar-refractivity contribution in [3.63, 3.8) is 0 Å². The molecule has 0 saturated heterocycles. The van der Waals surface area contributed by atoms with Gasteiger partial charge in [-0.15, -0.1) is 0 Å². The number of rotatable bonds is 3. The summed E-state index contributed by atoms with van der Waals surface area (Å²) in [6.45, 7) is 4.14. The molecule has 1 heterocycles. The number of hydrogen-bond acceptors (Lipinski definition) is 2. The Morgan fingerprint density at radius 1 is 1.19 bits per heavy atom. The van der Waals surface area contributed by atoms with Crippen LogP contribution in [-0.2, 0) is 6.42 Å². The Hall–Kier alpha value is -1.54. The van der Waals surface area contributed by atoms with E-state index in [9.17, 15) is 5.11 Å². The summed E-state index contributed by atoms with van der Waals surface area (Å²) < 4.78 is 4.96. The fourth-order valence-electron chi connectivity index (χ4n) is 1.99. The van der Waals surface area contributed by atoms with Gasteiger partial charge in [0.15, 0.2) is 0 Å². The minimum absolute atomic E-state index is 0.486. The molecule has 0 amide bonds. The van der Waals surface area contributed by atoms with Gasteiger partial charge in [-0.1, -0.05) is 29.3 Å². The van der Waals surface area contributed by atoms with Crippen LogP contribution in [0.3, 0.4) is 0 Å². The van der Waals surface area contributed by atoms with Crippen LogP contribution in [0.15, 0.2) is 41.2 Å². The molecule has 0 bridgehead atoms. The van der Waals surface area contributed by atoms with Crippen molar-refractivity contribution in [2.75, 3.05) is 0 Å². The Balaban J connectivity index is 2.15. The first-order valence-corrected chi connectivity index (χ1v) is 5.42. The smallest absolute Gasteiger partial charge is 0.0960 e. The summed E-state index contributed by atoms with van der Waals surface area (Å²) in [6, 6.07) is 8.15. The zero-order chi connectivity index (χ0) is 11.5. The van der Waals surface area contributed by atoms with E-state index in [-0.39, 0.29) is 0 Å². The summed E-state index contributed by atoms with van der Waals surface area (Å²) >= 11 is 0. The third-order valence-corrected chi connectivity index (χ3v) is 2.64. The van der Waals surface area contributed by atoms with Gasteiger partial charge < -0.3 is 9.52 Å². The highest BCUT2D eigenvalue weighted by molar-refractivity contribution is 5.29. The second kappa shape index (κ2) is 4.54. The van der Waals surface area contributed by atoms with Gasteiger partial charge >= 0.3 is 0 Å². The lowest BCUT2D eigenvalue weighted by Gasteiger charge is -2.09. The zero-order valence-corrected chi connectivity index (χ0v) is 9.60. The molecule has 2 rings (SSSR count). The lowest BCUT2D eigenvalue weighted by molar-refractivity contribution is 0.177. The van der Waals surface area contributed by atoms with E-state index >= 15 is 0 Å². The number of aryl methyl sites for hydroxylation is 2. The van der Waals surface area contributed by atoms with E-state index in [1.165, 1.54) is 11.1 Å². The van der Waals surface area contributed by atoms with Gasteiger partial charge in [-0.3, -0.25) is 0 Å². The minimum atomic E-state index is -0.486. The van der Waals surface area contributed by atoms with E-state index in [0.29, 0.717) is 6.42 Å². The van der Waals surface area contributed by atoms with Gasteiger partial charge in [0, 0.05) is 12.0 Å². The van der Waals surface area contributed by atoms with E-state index in [4.69, 9.17) is 4.42 Å². The maximum absolute atomic E-state index is 9.98. The largest absolute Gasteiger partial charge is 0.472 e. The quantitative estimate of drug-likeness (QED) is 0.854. The first-order chi connectivity index (χ1) is 7.65. The fraction of sp³-hybridized carbons (Fsp3) is 0.286. The summed E-state index contributed by atoms with van der Waals surface area (Å²) in [5, 5.41) is 9.98. The molecule has 1 N–H and O–H groups in total. The third kappa shape index (κ3) is 2.52. The number of aliphatic hydroxyl groups is 1. The first-order valence-electron chi connectivity index (χ1n) is 5.42. The molecule has 0 aliphatic rings. The van der Waals surface area contributed by atoms with Crippen LogP contribution in [0.25, 0.3) is 0 Å². The van der Waals surface area contributed by atoms with Gasteiger partial charge in [-0.25, -0.2) is 0 Å². The van der Waals surface area contributed by atoms with Gasteiger partial charge in [0.1, 0.15) is 0 Å². The van der Waals surface area contributed by atoms with E-state index in [0.717, 1.165) is 11.1 Å².